The van der Waals surface area contributed by atoms with Crippen LogP contribution in [0.15, 0.2) is 0 Å². The van der Waals surface area contributed by atoms with Crippen LogP contribution < -0.4 is 0 Å². The fraction of sp³-hybridized carbons (Fsp3) is 0.968. The van der Waals surface area contributed by atoms with Gasteiger partial charge < -0.3 is 19.3 Å². The Labute approximate surface area is 226 Å². The minimum Gasteiger partial charge on any atom is -0.381 e. The average molecular weight is 513 g/mol. The number of carbonyl (C=O) groups excluding carboxylic acids is 1. The van der Waals surface area contributed by atoms with Crippen LogP contribution in [-0.2, 0) is 14.3 Å². The zero-order valence-electron chi connectivity index (χ0n) is 25.5. The molecule has 0 aromatic carbocycles. The Morgan fingerprint density at radius 1 is 0.583 bits per heavy atom. The van der Waals surface area contributed by atoms with Gasteiger partial charge in [0.2, 0.25) is 5.91 Å². The van der Waals surface area contributed by atoms with Crippen molar-refractivity contribution in [2.24, 2.45) is 17.8 Å². The lowest BCUT2D eigenvalue weighted by molar-refractivity contribution is -0.134. The second-order valence-corrected chi connectivity index (χ2v) is 11.9. The first-order chi connectivity index (χ1) is 17.2. The Morgan fingerprint density at radius 3 is 1.64 bits per heavy atom. The number of nitrogens with zero attached hydrogens (tertiary/aromatic N) is 2. The summed E-state index contributed by atoms with van der Waals surface area (Å²) < 4.78 is 11.5. The maximum Gasteiger partial charge on any atom is 0.225 e. The van der Waals surface area contributed by atoms with Crippen molar-refractivity contribution in [1.29, 1.82) is 0 Å². The first kappa shape index (κ1) is 35.4. The molecule has 1 amide bonds. The van der Waals surface area contributed by atoms with E-state index in [0.29, 0.717) is 5.91 Å². The first-order valence-electron chi connectivity index (χ1n) is 15.3. The molecular formula is C31H64N2O3. The fourth-order valence-electron chi connectivity index (χ4n) is 4.61. The minimum atomic E-state index is 0.134. The Hall–Kier alpha value is -0.650. The van der Waals surface area contributed by atoms with E-state index in [0.717, 1.165) is 83.3 Å². The second kappa shape index (κ2) is 24.7. The van der Waals surface area contributed by atoms with E-state index in [-0.39, 0.29) is 5.92 Å². The van der Waals surface area contributed by atoms with E-state index in [9.17, 15) is 4.79 Å². The predicted octanol–water partition coefficient (Wildman–Crippen LogP) is 7.43. The number of ether oxygens (including phenoxy) is 2. The molecule has 0 aliphatic carbocycles. The van der Waals surface area contributed by atoms with Crippen molar-refractivity contribution in [3.63, 3.8) is 0 Å². The SMILES string of the molecule is CC(C)CCCCOCCCCN(C)C(=O)C(C)CCCCCCCOCCCCN(C)CC(C)C. The molecule has 5 nitrogen and oxygen atoms in total. The lowest BCUT2D eigenvalue weighted by Crippen LogP contribution is -2.32. The molecule has 0 aromatic rings. The number of unbranched alkanes of at least 4 members (excludes halogenated alkanes) is 7. The summed E-state index contributed by atoms with van der Waals surface area (Å²) in [5, 5.41) is 0. The van der Waals surface area contributed by atoms with Gasteiger partial charge in [0.1, 0.15) is 0 Å². The molecule has 0 bridgehead atoms. The normalized spacial score (nSPS) is 12.7. The van der Waals surface area contributed by atoms with E-state index in [1.807, 2.05) is 11.9 Å². The Morgan fingerprint density at radius 2 is 1.06 bits per heavy atom. The lowest BCUT2D eigenvalue weighted by atomic mass is 10.0. The van der Waals surface area contributed by atoms with Gasteiger partial charge in [0.05, 0.1) is 0 Å². The molecule has 5 heteroatoms. The summed E-state index contributed by atoms with van der Waals surface area (Å²) in [5.41, 5.74) is 0. The van der Waals surface area contributed by atoms with Gasteiger partial charge in [-0.05, 0) is 70.4 Å². The Bertz CT molecular complexity index is 484. The number of hydrogen-bond donors (Lipinski definition) is 0. The van der Waals surface area contributed by atoms with Gasteiger partial charge >= 0.3 is 0 Å². The molecule has 0 aromatic heterocycles. The van der Waals surface area contributed by atoms with Crippen LogP contribution in [0.3, 0.4) is 0 Å². The van der Waals surface area contributed by atoms with Crippen LogP contribution in [-0.4, -0.2) is 75.9 Å². The third kappa shape index (κ3) is 23.7. The average Bonchev–Trinajstić information content (AvgIpc) is 2.82. The minimum absolute atomic E-state index is 0.134. The van der Waals surface area contributed by atoms with Crippen LogP contribution >= 0.6 is 0 Å². The van der Waals surface area contributed by atoms with Gasteiger partial charge in [-0.25, -0.2) is 0 Å². The maximum atomic E-state index is 12.6. The van der Waals surface area contributed by atoms with Gasteiger partial charge in [0.15, 0.2) is 0 Å². The van der Waals surface area contributed by atoms with Crippen molar-refractivity contribution < 1.29 is 14.3 Å². The van der Waals surface area contributed by atoms with Gasteiger partial charge in [0.25, 0.3) is 0 Å². The van der Waals surface area contributed by atoms with Crippen LogP contribution in [0.5, 0.6) is 0 Å². The molecule has 1 atom stereocenters. The third-order valence-corrected chi connectivity index (χ3v) is 6.83. The molecule has 1 unspecified atom stereocenters. The standard InChI is InChI=1S/C31H64N2O3/c1-28(2)19-12-16-24-36-26-18-14-22-33(7)31(34)30(5)20-11-9-8-10-15-23-35-25-17-13-21-32(6)27-29(3)4/h28-30H,8-27H2,1-7H3. The summed E-state index contributed by atoms with van der Waals surface area (Å²) in [4.78, 5) is 17.0. The fourth-order valence-corrected chi connectivity index (χ4v) is 4.61. The van der Waals surface area contributed by atoms with Crippen LogP contribution in [0, 0.1) is 17.8 Å². The summed E-state index contributed by atoms with van der Waals surface area (Å²) in [6.07, 6.45) is 15.2. The molecule has 0 fully saturated rings. The van der Waals surface area contributed by atoms with Crippen molar-refractivity contribution in [2.45, 2.75) is 118 Å². The molecule has 36 heavy (non-hydrogen) atoms. The van der Waals surface area contributed by atoms with Crippen LogP contribution in [0.4, 0.5) is 0 Å². The molecule has 0 saturated carbocycles. The van der Waals surface area contributed by atoms with Gasteiger partial charge in [-0.2, -0.15) is 0 Å². The smallest absolute Gasteiger partial charge is 0.225 e. The quantitative estimate of drug-likeness (QED) is 0.113. The van der Waals surface area contributed by atoms with Crippen molar-refractivity contribution >= 4 is 5.91 Å². The number of carbonyl (C=O) groups is 1. The molecule has 0 aliphatic heterocycles. The van der Waals surface area contributed by atoms with E-state index in [1.165, 1.54) is 58.0 Å². The summed E-state index contributed by atoms with van der Waals surface area (Å²) in [7, 11) is 4.17. The third-order valence-electron chi connectivity index (χ3n) is 6.83. The van der Waals surface area contributed by atoms with Crippen LogP contribution in [0.2, 0.25) is 0 Å². The van der Waals surface area contributed by atoms with E-state index < -0.39 is 0 Å². The number of hydrogen-bond acceptors (Lipinski definition) is 4. The molecule has 0 saturated heterocycles. The monoisotopic (exact) mass is 512 g/mol. The highest BCUT2D eigenvalue weighted by atomic mass is 16.5. The summed E-state index contributed by atoms with van der Waals surface area (Å²) >= 11 is 0. The Kier molecular flexibility index (Phi) is 24.2. The second-order valence-electron chi connectivity index (χ2n) is 11.9. The molecule has 0 spiro atoms. The summed E-state index contributed by atoms with van der Waals surface area (Å²) in [6.45, 7) is 17.9. The van der Waals surface area contributed by atoms with Crippen molar-refractivity contribution in [2.75, 3.05) is 60.2 Å². The summed E-state index contributed by atoms with van der Waals surface area (Å²) in [5.74, 6) is 1.96. The highest BCUT2D eigenvalue weighted by Crippen LogP contribution is 2.14. The molecule has 0 radical (unpaired) electrons. The first-order valence-corrected chi connectivity index (χ1v) is 15.3. The van der Waals surface area contributed by atoms with Gasteiger partial charge in [-0.3, -0.25) is 4.79 Å². The van der Waals surface area contributed by atoms with Crippen molar-refractivity contribution in [1.82, 2.24) is 9.80 Å². The van der Waals surface area contributed by atoms with Crippen molar-refractivity contribution in [3.8, 4) is 0 Å². The highest BCUT2D eigenvalue weighted by Gasteiger charge is 2.16. The molecule has 0 N–H and O–H groups in total. The van der Waals surface area contributed by atoms with E-state index in [4.69, 9.17) is 9.47 Å². The van der Waals surface area contributed by atoms with Crippen molar-refractivity contribution in [3.05, 3.63) is 0 Å². The molecule has 0 heterocycles. The zero-order chi connectivity index (χ0) is 27.0. The molecular weight excluding hydrogens is 448 g/mol. The van der Waals surface area contributed by atoms with Gasteiger partial charge in [-0.15, -0.1) is 0 Å². The van der Waals surface area contributed by atoms with E-state index in [1.54, 1.807) is 0 Å². The largest absolute Gasteiger partial charge is 0.381 e. The lowest BCUT2D eigenvalue weighted by Gasteiger charge is -2.21. The molecule has 216 valence electrons. The van der Waals surface area contributed by atoms with E-state index >= 15 is 0 Å². The van der Waals surface area contributed by atoms with Gasteiger partial charge in [-0.1, -0.05) is 73.1 Å². The van der Waals surface area contributed by atoms with Crippen LogP contribution in [0.1, 0.15) is 118 Å². The molecule has 0 rings (SSSR count). The predicted molar refractivity (Wildman–Crippen MR) is 156 cm³/mol. The van der Waals surface area contributed by atoms with Crippen LogP contribution in [0.25, 0.3) is 0 Å². The molecule has 0 aliphatic rings. The topological polar surface area (TPSA) is 42.0 Å². The van der Waals surface area contributed by atoms with Gasteiger partial charge in [0, 0.05) is 52.5 Å². The van der Waals surface area contributed by atoms with E-state index in [2.05, 4.69) is 46.6 Å². The number of rotatable bonds is 26. The number of amides is 1. The maximum absolute atomic E-state index is 12.6. The zero-order valence-corrected chi connectivity index (χ0v) is 25.5. The summed E-state index contributed by atoms with van der Waals surface area (Å²) in [6, 6.07) is 0. The Balaban J connectivity index is 3.49. The highest BCUT2D eigenvalue weighted by molar-refractivity contribution is 5.78.